The van der Waals surface area contributed by atoms with E-state index in [0.29, 0.717) is 22.7 Å². The average Bonchev–Trinajstić information content (AvgIpc) is 2.93. The molecule has 1 aromatic carbocycles. The summed E-state index contributed by atoms with van der Waals surface area (Å²) in [4.78, 5) is 23.6. The number of para-hydroxylation sites is 1. The molecule has 2 heterocycles. The second-order valence-electron chi connectivity index (χ2n) is 4.65. The summed E-state index contributed by atoms with van der Waals surface area (Å²) >= 11 is 0. The number of aliphatic hydroxyl groups excluding tert-OH is 1. The van der Waals surface area contributed by atoms with Gasteiger partial charge in [0.25, 0.3) is 0 Å². The van der Waals surface area contributed by atoms with Gasteiger partial charge in [-0.15, -0.1) is 0 Å². The summed E-state index contributed by atoms with van der Waals surface area (Å²) in [7, 11) is 0. The van der Waals surface area contributed by atoms with E-state index in [-0.39, 0.29) is 5.56 Å². The molecule has 112 valence electrons. The number of carbonyl (C=O) groups is 1. The van der Waals surface area contributed by atoms with Crippen molar-refractivity contribution in [2.75, 3.05) is 5.32 Å². The van der Waals surface area contributed by atoms with E-state index in [1.807, 2.05) is 0 Å². The number of rotatable bonds is 4. The number of carboxylic acid groups (broad SMARTS) is 1. The van der Waals surface area contributed by atoms with Crippen molar-refractivity contribution >= 4 is 28.6 Å². The summed E-state index contributed by atoms with van der Waals surface area (Å²) < 4.78 is 1.49. The lowest BCUT2D eigenvalue weighted by Crippen LogP contribution is -2.05. The van der Waals surface area contributed by atoms with Gasteiger partial charge in [-0.1, -0.05) is 12.1 Å². The molecule has 2 aromatic heterocycles. The molecule has 0 amide bonds. The van der Waals surface area contributed by atoms with Gasteiger partial charge in [0.05, 0.1) is 17.6 Å². The number of carboxylic acids is 1. The van der Waals surface area contributed by atoms with Crippen LogP contribution in [0.2, 0.25) is 0 Å². The molecule has 1 unspecified atom stereocenters. The van der Waals surface area contributed by atoms with E-state index in [1.54, 1.807) is 25.1 Å². The van der Waals surface area contributed by atoms with Gasteiger partial charge in [0.15, 0.2) is 17.0 Å². The number of imidazole rings is 1. The minimum atomic E-state index is -1.04. The Morgan fingerprint density at radius 1 is 1.27 bits per heavy atom. The second-order valence-corrected chi connectivity index (χ2v) is 4.65. The number of hydrogen-bond acceptors (Lipinski definition) is 6. The summed E-state index contributed by atoms with van der Waals surface area (Å²) in [5.41, 5.74) is 1.44. The molecule has 8 nitrogen and oxygen atoms in total. The van der Waals surface area contributed by atoms with E-state index in [2.05, 4.69) is 20.3 Å². The summed E-state index contributed by atoms with van der Waals surface area (Å²) in [5, 5.41) is 21.8. The maximum absolute atomic E-state index is 11.2. The fraction of sp³-hybridized carbons (Fsp3) is 0.143. The molecule has 0 fully saturated rings. The first-order chi connectivity index (χ1) is 10.6. The van der Waals surface area contributed by atoms with Gasteiger partial charge >= 0.3 is 5.97 Å². The second kappa shape index (κ2) is 5.41. The molecule has 22 heavy (non-hydrogen) atoms. The number of fused-ring (bicyclic) bond motifs is 1. The van der Waals surface area contributed by atoms with Gasteiger partial charge in [0.1, 0.15) is 12.6 Å². The molecule has 3 rings (SSSR count). The summed E-state index contributed by atoms with van der Waals surface area (Å²) in [6, 6.07) is 6.51. The largest absolute Gasteiger partial charge is 0.478 e. The normalized spacial score (nSPS) is 12.3. The van der Waals surface area contributed by atoms with Crippen molar-refractivity contribution < 1.29 is 15.0 Å². The molecule has 0 saturated heterocycles. The Morgan fingerprint density at radius 3 is 2.77 bits per heavy atom. The molecule has 0 aliphatic rings. The van der Waals surface area contributed by atoms with E-state index >= 15 is 0 Å². The van der Waals surface area contributed by atoms with Crippen molar-refractivity contribution in [3.63, 3.8) is 0 Å². The minimum absolute atomic E-state index is 0.129. The van der Waals surface area contributed by atoms with E-state index < -0.39 is 12.2 Å². The van der Waals surface area contributed by atoms with Crippen molar-refractivity contribution in [3.05, 3.63) is 42.5 Å². The standard InChI is InChI=1S/C14H13N5O3/c1-8(20)19-7-17-11-12(15-6-16-13(11)19)18-10-5-3-2-4-9(10)14(21)22/h2-8,20H,1H3,(H,21,22)(H,15,16,18). The maximum Gasteiger partial charge on any atom is 0.337 e. The SMILES string of the molecule is CC(O)n1cnc2c(Nc3ccccc3C(=O)O)ncnc21. The van der Waals surface area contributed by atoms with Crippen molar-refractivity contribution in [1.82, 2.24) is 19.5 Å². The zero-order valence-corrected chi connectivity index (χ0v) is 11.6. The van der Waals surface area contributed by atoms with Crippen LogP contribution in [0.25, 0.3) is 11.2 Å². The molecule has 0 spiro atoms. The van der Waals surface area contributed by atoms with Crippen LogP contribution in [0.3, 0.4) is 0 Å². The Balaban J connectivity index is 2.07. The highest BCUT2D eigenvalue weighted by Gasteiger charge is 2.15. The van der Waals surface area contributed by atoms with Crippen LogP contribution in [0.5, 0.6) is 0 Å². The van der Waals surface area contributed by atoms with Gasteiger partial charge in [-0.2, -0.15) is 0 Å². The van der Waals surface area contributed by atoms with E-state index in [0.717, 1.165) is 0 Å². The maximum atomic E-state index is 11.2. The van der Waals surface area contributed by atoms with Gasteiger partial charge in [-0.25, -0.2) is 19.7 Å². The van der Waals surface area contributed by atoms with E-state index in [1.165, 1.54) is 23.3 Å². The van der Waals surface area contributed by atoms with E-state index in [4.69, 9.17) is 0 Å². The van der Waals surface area contributed by atoms with Gasteiger partial charge in [-0.05, 0) is 19.1 Å². The van der Waals surface area contributed by atoms with Crippen LogP contribution < -0.4 is 5.32 Å². The average molecular weight is 299 g/mol. The number of hydrogen-bond donors (Lipinski definition) is 3. The fourth-order valence-corrected chi connectivity index (χ4v) is 2.12. The number of nitrogens with one attached hydrogen (secondary N) is 1. The third-order valence-electron chi connectivity index (χ3n) is 3.17. The van der Waals surface area contributed by atoms with E-state index in [9.17, 15) is 15.0 Å². The van der Waals surface area contributed by atoms with Crippen molar-refractivity contribution in [2.24, 2.45) is 0 Å². The van der Waals surface area contributed by atoms with Gasteiger partial charge in [-0.3, -0.25) is 4.57 Å². The molecule has 3 N–H and O–H groups in total. The highest BCUT2D eigenvalue weighted by Crippen LogP contribution is 2.25. The number of aromatic carboxylic acids is 1. The Bertz CT molecular complexity index is 843. The van der Waals surface area contributed by atoms with Crippen LogP contribution in [0.4, 0.5) is 11.5 Å². The van der Waals surface area contributed by atoms with Crippen LogP contribution in [0, 0.1) is 0 Å². The number of nitrogens with zero attached hydrogens (tertiary/aromatic N) is 4. The topological polar surface area (TPSA) is 113 Å². The molecule has 0 aliphatic heterocycles. The summed E-state index contributed by atoms with van der Waals surface area (Å²) in [6.07, 6.45) is 2.01. The monoisotopic (exact) mass is 299 g/mol. The molecule has 0 radical (unpaired) electrons. The van der Waals surface area contributed by atoms with Crippen molar-refractivity contribution in [2.45, 2.75) is 13.2 Å². The number of benzene rings is 1. The Labute approximate surface area is 125 Å². The minimum Gasteiger partial charge on any atom is -0.478 e. The van der Waals surface area contributed by atoms with Gasteiger partial charge in [0.2, 0.25) is 0 Å². The number of aromatic nitrogens is 4. The molecule has 0 saturated carbocycles. The molecular formula is C14H13N5O3. The lowest BCUT2D eigenvalue weighted by Gasteiger charge is -2.09. The Morgan fingerprint density at radius 2 is 2.05 bits per heavy atom. The highest BCUT2D eigenvalue weighted by atomic mass is 16.4. The first-order valence-electron chi connectivity index (χ1n) is 6.53. The first-order valence-corrected chi connectivity index (χ1v) is 6.53. The third kappa shape index (κ3) is 2.35. The molecule has 1 atom stereocenters. The zero-order chi connectivity index (χ0) is 15.7. The number of anilines is 2. The van der Waals surface area contributed by atoms with Crippen LogP contribution in [-0.4, -0.2) is 35.7 Å². The molecule has 0 aliphatic carbocycles. The smallest absolute Gasteiger partial charge is 0.337 e. The predicted molar refractivity (Wildman–Crippen MR) is 78.9 cm³/mol. The Kier molecular flexibility index (Phi) is 3.43. The van der Waals surface area contributed by atoms with Crippen LogP contribution in [-0.2, 0) is 0 Å². The quantitative estimate of drug-likeness (QED) is 0.673. The third-order valence-corrected chi connectivity index (χ3v) is 3.17. The van der Waals surface area contributed by atoms with Gasteiger partial charge < -0.3 is 15.5 Å². The number of aliphatic hydroxyl groups is 1. The van der Waals surface area contributed by atoms with Crippen LogP contribution in [0.1, 0.15) is 23.5 Å². The lowest BCUT2D eigenvalue weighted by atomic mass is 10.2. The van der Waals surface area contributed by atoms with Crippen LogP contribution >= 0.6 is 0 Å². The molecular weight excluding hydrogens is 286 g/mol. The van der Waals surface area contributed by atoms with Gasteiger partial charge in [0, 0.05) is 0 Å². The molecule has 0 bridgehead atoms. The lowest BCUT2D eigenvalue weighted by molar-refractivity contribution is 0.0698. The first kappa shape index (κ1) is 14.0. The molecule has 8 heteroatoms. The zero-order valence-electron chi connectivity index (χ0n) is 11.6. The Hall–Kier alpha value is -3.00. The summed E-state index contributed by atoms with van der Waals surface area (Å²) in [6.45, 7) is 1.59. The predicted octanol–water partition coefficient (Wildman–Crippen LogP) is 1.78. The van der Waals surface area contributed by atoms with Crippen molar-refractivity contribution in [3.8, 4) is 0 Å². The van der Waals surface area contributed by atoms with Crippen molar-refractivity contribution in [1.29, 1.82) is 0 Å². The summed E-state index contributed by atoms with van der Waals surface area (Å²) in [5.74, 6) is -0.666. The highest BCUT2D eigenvalue weighted by molar-refractivity contribution is 5.96. The fourth-order valence-electron chi connectivity index (χ4n) is 2.12. The molecule has 3 aromatic rings. The van der Waals surface area contributed by atoms with Crippen LogP contribution in [0.15, 0.2) is 36.9 Å².